The average Bonchev–Trinajstić information content (AvgIpc) is 3.21. The number of amides is 1. The second kappa shape index (κ2) is 10.7. The van der Waals surface area contributed by atoms with Crippen LogP contribution in [-0.4, -0.2) is 78.2 Å². The van der Waals surface area contributed by atoms with Gasteiger partial charge in [0.05, 0.1) is 10.6 Å². The number of rotatable bonds is 7. The summed E-state index contributed by atoms with van der Waals surface area (Å²) in [4.78, 5) is 33.4. The van der Waals surface area contributed by atoms with Crippen molar-refractivity contribution in [2.75, 3.05) is 32.4 Å². The highest BCUT2D eigenvalue weighted by atomic mass is 35.5. The number of carbonyl (C=O) groups excluding carboxylic acids is 1. The molecular formula is C24H27ClN4O5S2. The van der Waals surface area contributed by atoms with Gasteiger partial charge < -0.3 is 14.6 Å². The van der Waals surface area contributed by atoms with Gasteiger partial charge in [-0.15, -0.1) is 11.3 Å². The molecule has 0 saturated carbocycles. The van der Waals surface area contributed by atoms with E-state index >= 15 is 0 Å². The van der Waals surface area contributed by atoms with Crippen molar-refractivity contribution >= 4 is 55.4 Å². The number of piperazine rings is 1. The summed E-state index contributed by atoms with van der Waals surface area (Å²) in [6.45, 7) is 1.40. The Balaban J connectivity index is 1.42. The largest absolute Gasteiger partial charge is 0.480 e. The standard InChI is InChI=1S/C24H27ClN4O5S2/c1-26-24-27(2)19(15-35-24)13-28-8-9-29(21(14-28)23(31)32)22(30)7-10-36(33,34)20-6-4-16-11-18(25)5-3-17(16)12-20/h3-6,11-12,15,21H,7-10,13-14H2,1-2H3,(H,31,32). The van der Waals surface area contributed by atoms with Gasteiger partial charge in [-0.3, -0.25) is 14.7 Å². The molecule has 1 aromatic heterocycles. The number of aromatic nitrogens is 1. The molecular weight excluding hydrogens is 524 g/mol. The molecule has 1 aliphatic rings. The zero-order valence-corrected chi connectivity index (χ0v) is 22.3. The van der Waals surface area contributed by atoms with Crippen LogP contribution in [0.25, 0.3) is 10.8 Å². The van der Waals surface area contributed by atoms with E-state index in [0.29, 0.717) is 18.1 Å². The van der Waals surface area contributed by atoms with Gasteiger partial charge in [0.1, 0.15) is 6.04 Å². The first-order valence-electron chi connectivity index (χ1n) is 11.3. The monoisotopic (exact) mass is 550 g/mol. The van der Waals surface area contributed by atoms with Crippen LogP contribution in [0.5, 0.6) is 0 Å². The Morgan fingerprint density at radius 2 is 1.89 bits per heavy atom. The molecule has 1 N–H and O–H groups in total. The molecule has 2 aromatic carbocycles. The minimum absolute atomic E-state index is 0.117. The zero-order chi connectivity index (χ0) is 26.0. The summed E-state index contributed by atoms with van der Waals surface area (Å²) >= 11 is 7.51. The van der Waals surface area contributed by atoms with E-state index in [1.165, 1.54) is 22.3 Å². The number of carboxylic acids is 1. The lowest BCUT2D eigenvalue weighted by atomic mass is 10.1. The minimum Gasteiger partial charge on any atom is -0.480 e. The Hall–Kier alpha value is -2.73. The van der Waals surface area contributed by atoms with Crippen molar-refractivity contribution in [2.24, 2.45) is 12.0 Å². The highest BCUT2D eigenvalue weighted by molar-refractivity contribution is 7.91. The number of fused-ring (bicyclic) bond motifs is 1. The first-order valence-corrected chi connectivity index (χ1v) is 14.2. The van der Waals surface area contributed by atoms with Gasteiger partial charge in [0.15, 0.2) is 14.6 Å². The first-order chi connectivity index (χ1) is 17.1. The number of carboxylic acid groups (broad SMARTS) is 1. The quantitative estimate of drug-likeness (QED) is 0.483. The van der Waals surface area contributed by atoms with Crippen LogP contribution in [-0.2, 0) is 33.0 Å². The van der Waals surface area contributed by atoms with Gasteiger partial charge in [0.25, 0.3) is 0 Å². The van der Waals surface area contributed by atoms with Crippen LogP contribution in [0.15, 0.2) is 51.7 Å². The summed E-state index contributed by atoms with van der Waals surface area (Å²) in [7, 11) is -0.109. The molecule has 0 spiro atoms. The van der Waals surface area contributed by atoms with Crippen LogP contribution in [0.2, 0.25) is 5.02 Å². The van der Waals surface area contributed by atoms with Crippen LogP contribution in [0.1, 0.15) is 12.1 Å². The fourth-order valence-electron chi connectivity index (χ4n) is 4.34. The SMILES string of the molecule is CN=c1scc(CN2CCN(C(=O)CCS(=O)(=O)c3ccc4cc(Cl)ccc4c3)C(C(=O)O)C2)n1C. The summed E-state index contributed by atoms with van der Waals surface area (Å²) in [6, 6.07) is 8.88. The maximum Gasteiger partial charge on any atom is 0.327 e. The molecule has 9 nitrogen and oxygen atoms in total. The molecule has 1 amide bonds. The zero-order valence-electron chi connectivity index (χ0n) is 19.9. The van der Waals surface area contributed by atoms with Crippen LogP contribution in [0.4, 0.5) is 0 Å². The van der Waals surface area contributed by atoms with Crippen molar-refractivity contribution in [2.45, 2.75) is 23.9 Å². The van der Waals surface area contributed by atoms with Crippen molar-refractivity contribution in [3.05, 3.63) is 57.3 Å². The summed E-state index contributed by atoms with van der Waals surface area (Å²) in [5.74, 6) is -1.99. The van der Waals surface area contributed by atoms with E-state index < -0.39 is 33.5 Å². The van der Waals surface area contributed by atoms with E-state index in [2.05, 4.69) is 4.99 Å². The number of sulfone groups is 1. The lowest BCUT2D eigenvalue weighted by Crippen LogP contribution is -2.58. The Morgan fingerprint density at radius 1 is 1.17 bits per heavy atom. The number of halogens is 1. The third kappa shape index (κ3) is 5.64. The van der Waals surface area contributed by atoms with E-state index in [0.717, 1.165) is 21.3 Å². The Bertz CT molecular complexity index is 1480. The molecule has 0 bridgehead atoms. The molecule has 4 rings (SSSR count). The molecule has 192 valence electrons. The second-order valence-corrected chi connectivity index (χ2v) is 12.1. The Morgan fingerprint density at radius 3 is 2.58 bits per heavy atom. The van der Waals surface area contributed by atoms with Crippen molar-refractivity contribution in [3.8, 4) is 0 Å². The molecule has 36 heavy (non-hydrogen) atoms. The molecule has 0 radical (unpaired) electrons. The van der Waals surface area contributed by atoms with Gasteiger partial charge in [-0.2, -0.15) is 0 Å². The Kier molecular flexibility index (Phi) is 7.84. The molecule has 12 heteroatoms. The number of thiazole rings is 1. The molecule has 3 aromatic rings. The van der Waals surface area contributed by atoms with Crippen molar-refractivity contribution < 1.29 is 23.1 Å². The van der Waals surface area contributed by atoms with Gasteiger partial charge in [-0.1, -0.05) is 23.7 Å². The van der Waals surface area contributed by atoms with Gasteiger partial charge in [-0.25, -0.2) is 13.2 Å². The van der Waals surface area contributed by atoms with Crippen molar-refractivity contribution in [1.82, 2.24) is 14.4 Å². The first kappa shape index (κ1) is 26.3. The van der Waals surface area contributed by atoms with Crippen LogP contribution < -0.4 is 4.80 Å². The van der Waals surface area contributed by atoms with Crippen LogP contribution in [0, 0.1) is 0 Å². The molecule has 1 aliphatic heterocycles. The second-order valence-electron chi connectivity index (χ2n) is 8.69. The smallest absolute Gasteiger partial charge is 0.327 e. The lowest BCUT2D eigenvalue weighted by molar-refractivity contribution is -0.153. The van der Waals surface area contributed by atoms with E-state index in [-0.39, 0.29) is 24.4 Å². The highest BCUT2D eigenvalue weighted by Crippen LogP contribution is 2.24. The topological polar surface area (TPSA) is 112 Å². The molecule has 2 heterocycles. The number of hydrogen-bond donors (Lipinski definition) is 1. The summed E-state index contributed by atoms with van der Waals surface area (Å²) in [6.07, 6.45) is -0.286. The number of hydrogen-bond acceptors (Lipinski definition) is 7. The summed E-state index contributed by atoms with van der Waals surface area (Å²) in [5.41, 5.74) is 1.01. The van der Waals surface area contributed by atoms with E-state index in [4.69, 9.17) is 11.6 Å². The number of aliphatic carboxylic acids is 1. The van der Waals surface area contributed by atoms with E-state index in [1.807, 2.05) is 21.9 Å². The predicted octanol–water partition coefficient (Wildman–Crippen LogP) is 2.39. The predicted molar refractivity (Wildman–Crippen MR) is 139 cm³/mol. The molecule has 1 saturated heterocycles. The maximum atomic E-state index is 13.0. The minimum atomic E-state index is -3.74. The van der Waals surface area contributed by atoms with Crippen LogP contribution >= 0.6 is 22.9 Å². The summed E-state index contributed by atoms with van der Waals surface area (Å²) < 4.78 is 27.8. The van der Waals surface area contributed by atoms with Crippen LogP contribution in [0.3, 0.4) is 0 Å². The fourth-order valence-corrected chi connectivity index (χ4v) is 6.64. The highest BCUT2D eigenvalue weighted by Gasteiger charge is 2.35. The van der Waals surface area contributed by atoms with E-state index in [1.54, 1.807) is 37.4 Å². The van der Waals surface area contributed by atoms with Crippen molar-refractivity contribution in [1.29, 1.82) is 0 Å². The van der Waals surface area contributed by atoms with Gasteiger partial charge in [0, 0.05) is 62.8 Å². The molecule has 0 aliphatic carbocycles. The number of benzene rings is 2. The third-order valence-corrected chi connectivity index (χ3v) is 9.39. The van der Waals surface area contributed by atoms with Gasteiger partial charge in [0.2, 0.25) is 5.91 Å². The molecule has 1 fully saturated rings. The molecule has 1 atom stereocenters. The van der Waals surface area contributed by atoms with Crippen molar-refractivity contribution in [3.63, 3.8) is 0 Å². The normalized spacial score (nSPS) is 17.6. The van der Waals surface area contributed by atoms with Gasteiger partial charge >= 0.3 is 5.97 Å². The third-order valence-electron chi connectivity index (χ3n) is 6.38. The molecule has 1 unspecified atom stereocenters. The number of carbonyl (C=O) groups is 2. The lowest BCUT2D eigenvalue weighted by Gasteiger charge is -2.39. The maximum absolute atomic E-state index is 13.0. The fraction of sp³-hybridized carbons (Fsp3) is 0.375. The average molecular weight is 551 g/mol. The Labute approximate surface area is 218 Å². The number of nitrogens with zero attached hydrogens (tertiary/aromatic N) is 4. The van der Waals surface area contributed by atoms with Gasteiger partial charge in [-0.05, 0) is 35.0 Å². The van der Waals surface area contributed by atoms with E-state index in [9.17, 15) is 23.1 Å². The summed E-state index contributed by atoms with van der Waals surface area (Å²) in [5, 5.41) is 13.9.